The van der Waals surface area contributed by atoms with E-state index in [4.69, 9.17) is 0 Å². The lowest BCUT2D eigenvalue weighted by atomic mass is 9.84. The summed E-state index contributed by atoms with van der Waals surface area (Å²) in [6, 6.07) is 10.3. The average Bonchev–Trinajstić information content (AvgIpc) is 2.83. The van der Waals surface area contributed by atoms with Crippen LogP contribution in [0.25, 0.3) is 0 Å². The number of rotatable bonds is 8. The third-order valence-electron chi connectivity index (χ3n) is 6.73. The van der Waals surface area contributed by atoms with E-state index in [-0.39, 0.29) is 35.9 Å². The van der Waals surface area contributed by atoms with E-state index in [0.29, 0.717) is 12.4 Å². The van der Waals surface area contributed by atoms with Crippen LogP contribution in [0.3, 0.4) is 0 Å². The fraction of sp³-hybridized carbons (Fsp3) is 0.520. The monoisotopic (exact) mass is 451 g/mol. The Morgan fingerprint density at radius 2 is 1.91 bits per heavy atom. The molecule has 0 radical (unpaired) electrons. The Morgan fingerprint density at radius 1 is 1.15 bits per heavy atom. The Kier molecular flexibility index (Phi) is 7.67. The molecular formula is C25H33N5O3. The van der Waals surface area contributed by atoms with Gasteiger partial charge < -0.3 is 15.7 Å². The number of nitrogens with zero attached hydrogens (tertiary/aromatic N) is 3. The van der Waals surface area contributed by atoms with Gasteiger partial charge >= 0.3 is 0 Å². The molecule has 176 valence electrons. The standard InChI is InChI=1S/C25H33N5O3/c1-17(31)18-6-8-21(9-7-18)29-24-12-23(27-16-28-24)25(33)26-13-22(32)15-30-11-10-19-4-2-3-5-20(19)14-30/h2-5,12,16,18,21-22,32H,6-11,13-15H2,1H3,(H,26,33)(H,27,28,29)/t18-,21+,22?. The van der Waals surface area contributed by atoms with Crippen LogP contribution in [-0.2, 0) is 17.8 Å². The smallest absolute Gasteiger partial charge is 0.270 e. The summed E-state index contributed by atoms with van der Waals surface area (Å²) in [6.45, 7) is 4.05. The van der Waals surface area contributed by atoms with Gasteiger partial charge in [-0.2, -0.15) is 0 Å². The van der Waals surface area contributed by atoms with Crippen molar-refractivity contribution in [2.75, 3.05) is 25.0 Å². The fourth-order valence-electron chi connectivity index (χ4n) is 4.79. The van der Waals surface area contributed by atoms with Gasteiger partial charge in [0.05, 0.1) is 6.10 Å². The zero-order chi connectivity index (χ0) is 23.2. The van der Waals surface area contributed by atoms with Gasteiger partial charge in [-0.05, 0) is 50.2 Å². The van der Waals surface area contributed by atoms with Crippen LogP contribution in [0.4, 0.5) is 5.82 Å². The Labute approximate surface area is 194 Å². The van der Waals surface area contributed by atoms with Crippen molar-refractivity contribution in [3.8, 4) is 0 Å². The molecule has 8 heteroatoms. The maximum Gasteiger partial charge on any atom is 0.270 e. The molecule has 2 heterocycles. The average molecular weight is 452 g/mol. The summed E-state index contributed by atoms with van der Waals surface area (Å²) < 4.78 is 0. The summed E-state index contributed by atoms with van der Waals surface area (Å²) in [5.41, 5.74) is 2.94. The number of hydrogen-bond acceptors (Lipinski definition) is 7. The predicted molar refractivity (Wildman–Crippen MR) is 126 cm³/mol. The van der Waals surface area contributed by atoms with Gasteiger partial charge in [0.2, 0.25) is 0 Å². The molecule has 3 N–H and O–H groups in total. The number of carbonyl (C=O) groups excluding carboxylic acids is 2. The SMILES string of the molecule is CC(=O)[C@H]1CC[C@@H](Nc2cc(C(=O)NCC(O)CN3CCc4ccccc4C3)ncn2)CC1. The predicted octanol–water partition coefficient (Wildman–Crippen LogP) is 2.19. The van der Waals surface area contributed by atoms with Crippen molar-refractivity contribution in [2.24, 2.45) is 5.92 Å². The maximum atomic E-state index is 12.6. The van der Waals surface area contributed by atoms with E-state index in [9.17, 15) is 14.7 Å². The van der Waals surface area contributed by atoms with Gasteiger partial charge in [0.25, 0.3) is 5.91 Å². The zero-order valence-corrected chi connectivity index (χ0v) is 19.2. The van der Waals surface area contributed by atoms with Crippen LogP contribution in [0.5, 0.6) is 0 Å². The van der Waals surface area contributed by atoms with E-state index >= 15 is 0 Å². The van der Waals surface area contributed by atoms with Crippen LogP contribution in [0, 0.1) is 5.92 Å². The minimum absolute atomic E-state index is 0.165. The topological polar surface area (TPSA) is 107 Å². The quantitative estimate of drug-likeness (QED) is 0.565. The molecule has 0 spiro atoms. The molecule has 0 bridgehead atoms. The second-order valence-corrected chi connectivity index (χ2v) is 9.21. The summed E-state index contributed by atoms with van der Waals surface area (Å²) in [5.74, 6) is 0.709. The first kappa shape index (κ1) is 23.3. The number of aromatic nitrogens is 2. The van der Waals surface area contributed by atoms with Gasteiger partial charge in [-0.25, -0.2) is 9.97 Å². The first-order valence-electron chi connectivity index (χ1n) is 11.8. The van der Waals surface area contributed by atoms with Crippen molar-refractivity contribution in [1.82, 2.24) is 20.2 Å². The molecule has 1 fully saturated rings. The van der Waals surface area contributed by atoms with Crippen LogP contribution < -0.4 is 10.6 Å². The lowest BCUT2D eigenvalue weighted by Crippen LogP contribution is -2.42. The van der Waals surface area contributed by atoms with E-state index < -0.39 is 6.10 Å². The summed E-state index contributed by atoms with van der Waals surface area (Å²) in [6.07, 6.45) is 5.27. The van der Waals surface area contributed by atoms with Crippen molar-refractivity contribution < 1.29 is 14.7 Å². The Hall–Kier alpha value is -2.84. The molecule has 1 unspecified atom stereocenters. The largest absolute Gasteiger partial charge is 0.390 e. The van der Waals surface area contributed by atoms with E-state index in [1.807, 2.05) is 6.07 Å². The second kappa shape index (κ2) is 10.9. The van der Waals surface area contributed by atoms with Crippen molar-refractivity contribution in [2.45, 2.75) is 57.7 Å². The molecule has 1 aromatic carbocycles. The molecule has 1 atom stereocenters. The van der Waals surface area contributed by atoms with Gasteiger partial charge in [-0.3, -0.25) is 14.5 Å². The normalized spacial score (nSPS) is 21.6. The van der Waals surface area contributed by atoms with Crippen LogP contribution in [0.1, 0.15) is 54.2 Å². The number of carbonyl (C=O) groups is 2. The first-order chi connectivity index (χ1) is 16.0. The minimum atomic E-state index is -0.657. The van der Waals surface area contributed by atoms with Crippen LogP contribution in [0.2, 0.25) is 0 Å². The molecule has 33 heavy (non-hydrogen) atoms. The Morgan fingerprint density at radius 3 is 2.67 bits per heavy atom. The highest BCUT2D eigenvalue weighted by Crippen LogP contribution is 2.26. The van der Waals surface area contributed by atoms with Crippen molar-refractivity contribution in [1.29, 1.82) is 0 Å². The highest BCUT2D eigenvalue weighted by molar-refractivity contribution is 5.92. The van der Waals surface area contributed by atoms with Gasteiger partial charge in [0.1, 0.15) is 23.6 Å². The van der Waals surface area contributed by atoms with Crippen LogP contribution in [-0.4, -0.2) is 63.4 Å². The number of benzene rings is 1. The number of nitrogens with one attached hydrogen (secondary N) is 2. The van der Waals surface area contributed by atoms with E-state index in [0.717, 1.165) is 45.2 Å². The highest BCUT2D eigenvalue weighted by atomic mass is 16.3. The van der Waals surface area contributed by atoms with Crippen molar-refractivity contribution in [3.63, 3.8) is 0 Å². The number of amides is 1. The number of aliphatic hydroxyl groups excluding tert-OH is 1. The number of anilines is 1. The molecule has 1 saturated carbocycles. The van der Waals surface area contributed by atoms with E-state index in [2.05, 4.69) is 43.7 Å². The van der Waals surface area contributed by atoms with Crippen molar-refractivity contribution >= 4 is 17.5 Å². The lowest BCUT2D eigenvalue weighted by molar-refractivity contribution is -0.121. The summed E-state index contributed by atoms with van der Waals surface area (Å²) in [7, 11) is 0. The molecule has 1 aliphatic carbocycles. The van der Waals surface area contributed by atoms with Gasteiger partial charge in [-0.15, -0.1) is 0 Å². The van der Waals surface area contributed by atoms with E-state index in [1.54, 1.807) is 13.0 Å². The summed E-state index contributed by atoms with van der Waals surface area (Å²) in [4.78, 5) is 34.7. The molecular weight excluding hydrogens is 418 g/mol. The summed E-state index contributed by atoms with van der Waals surface area (Å²) in [5, 5.41) is 16.6. The Balaban J connectivity index is 1.23. The highest BCUT2D eigenvalue weighted by Gasteiger charge is 2.24. The fourth-order valence-corrected chi connectivity index (χ4v) is 4.79. The molecule has 1 amide bonds. The summed E-state index contributed by atoms with van der Waals surface area (Å²) >= 11 is 0. The molecule has 8 nitrogen and oxygen atoms in total. The van der Waals surface area contributed by atoms with Crippen molar-refractivity contribution in [3.05, 3.63) is 53.5 Å². The lowest BCUT2D eigenvalue weighted by Gasteiger charge is -2.30. The number of aliphatic hydroxyl groups is 1. The van der Waals surface area contributed by atoms with Gasteiger partial charge in [0.15, 0.2) is 0 Å². The number of fused-ring (bicyclic) bond motifs is 1. The second-order valence-electron chi connectivity index (χ2n) is 9.21. The zero-order valence-electron chi connectivity index (χ0n) is 19.2. The molecule has 0 saturated heterocycles. The number of Topliss-reactive ketones (excluding diaryl/α,β-unsaturated/α-hetero) is 1. The first-order valence-corrected chi connectivity index (χ1v) is 11.8. The van der Waals surface area contributed by atoms with Crippen LogP contribution in [0.15, 0.2) is 36.7 Å². The van der Waals surface area contributed by atoms with Gasteiger partial charge in [-0.1, -0.05) is 24.3 Å². The number of hydrogen-bond donors (Lipinski definition) is 3. The molecule has 4 rings (SSSR count). The Bertz CT molecular complexity index is 974. The minimum Gasteiger partial charge on any atom is -0.390 e. The maximum absolute atomic E-state index is 12.6. The van der Waals surface area contributed by atoms with E-state index in [1.165, 1.54) is 17.5 Å². The van der Waals surface area contributed by atoms with Gasteiger partial charge in [0, 0.05) is 44.2 Å². The third kappa shape index (κ3) is 6.36. The molecule has 1 aromatic heterocycles. The number of β-amino-alcohol motifs (C(OH)–C–C–N with tert-alkyl or cyclic N) is 1. The molecule has 1 aliphatic heterocycles. The molecule has 2 aromatic rings. The third-order valence-corrected chi connectivity index (χ3v) is 6.73. The molecule has 2 aliphatic rings. The van der Waals surface area contributed by atoms with Crippen LogP contribution >= 0.6 is 0 Å². The number of ketones is 1.